The van der Waals surface area contributed by atoms with E-state index in [0.29, 0.717) is 6.42 Å². The Morgan fingerprint density at radius 1 is 1.21 bits per heavy atom. The monoisotopic (exact) mass is 202 g/mol. The third kappa shape index (κ3) is 2.96. The lowest BCUT2D eigenvalue weighted by Gasteiger charge is -1.91. The van der Waals surface area contributed by atoms with Crippen molar-refractivity contribution in [1.29, 1.82) is 0 Å². The minimum absolute atomic E-state index is 0.208. The van der Waals surface area contributed by atoms with Gasteiger partial charge in [0.05, 0.1) is 0 Å². The molecule has 0 radical (unpaired) electrons. The lowest BCUT2D eigenvalue weighted by atomic mass is 10.1. The highest BCUT2D eigenvalue weighted by atomic mass is 17.4. The van der Waals surface area contributed by atoms with E-state index in [9.17, 15) is 9.59 Å². The van der Waals surface area contributed by atoms with E-state index in [1.807, 2.05) is 6.92 Å². The van der Waals surface area contributed by atoms with E-state index in [0.717, 1.165) is 18.9 Å². The molecule has 0 saturated heterocycles. The van der Waals surface area contributed by atoms with Crippen LogP contribution in [-0.2, 0) is 6.42 Å². The van der Waals surface area contributed by atoms with Crippen molar-refractivity contribution in [3.63, 3.8) is 0 Å². The number of aryl methyl sites for hydroxylation is 1. The molecule has 6 heteroatoms. The first-order valence-corrected chi connectivity index (χ1v) is 4.20. The molecule has 1 rings (SSSR count). The topological polar surface area (TPSA) is 86.7 Å². The molecule has 0 aliphatic heterocycles. The van der Waals surface area contributed by atoms with E-state index >= 15 is 0 Å². The molecule has 0 fully saturated rings. The zero-order valence-corrected chi connectivity index (χ0v) is 7.65. The Hall–Kier alpha value is -1.72. The fraction of sp³-hybridized carbons (Fsp3) is 0.500. The van der Waals surface area contributed by atoms with Crippen LogP contribution in [0.25, 0.3) is 0 Å². The Balaban J connectivity index is 3.15. The van der Waals surface area contributed by atoms with Gasteiger partial charge in [0.2, 0.25) is 0 Å². The van der Waals surface area contributed by atoms with Gasteiger partial charge in [0.1, 0.15) is 0 Å². The molecule has 0 amide bonds. The van der Waals surface area contributed by atoms with Gasteiger partial charge in [-0.1, -0.05) is 13.3 Å². The van der Waals surface area contributed by atoms with Gasteiger partial charge < -0.3 is 0 Å². The zero-order chi connectivity index (χ0) is 10.4. The summed E-state index contributed by atoms with van der Waals surface area (Å²) >= 11 is 0. The van der Waals surface area contributed by atoms with Crippen molar-refractivity contribution < 1.29 is 18.6 Å². The van der Waals surface area contributed by atoms with Crippen molar-refractivity contribution in [3.05, 3.63) is 32.5 Å². The molecule has 14 heavy (non-hydrogen) atoms. The van der Waals surface area contributed by atoms with Gasteiger partial charge in [0, 0.05) is 11.6 Å². The fourth-order valence-electron chi connectivity index (χ4n) is 0.912. The molecule has 0 N–H and O–H groups in total. The molecule has 0 unspecified atom stereocenters. The van der Waals surface area contributed by atoms with Crippen LogP contribution in [-0.4, -0.2) is 0 Å². The van der Waals surface area contributed by atoms with Crippen molar-refractivity contribution in [1.82, 2.24) is 0 Å². The molecule has 0 aliphatic rings. The van der Waals surface area contributed by atoms with Gasteiger partial charge in [-0.2, -0.15) is 0 Å². The molecular weight excluding hydrogens is 192 g/mol. The van der Waals surface area contributed by atoms with Crippen molar-refractivity contribution in [2.45, 2.75) is 26.2 Å². The standard InChI is InChI=1S/C8H10O6/c1-2-3-4-6-5-7(9)11-13-14-12-8(6)10/h5H,2-4H2,1H3. The summed E-state index contributed by atoms with van der Waals surface area (Å²) < 4.78 is 15.8. The van der Waals surface area contributed by atoms with Crippen LogP contribution in [0.15, 0.2) is 34.3 Å². The number of hydrogen-bond acceptors (Lipinski definition) is 6. The van der Waals surface area contributed by atoms with E-state index in [-0.39, 0.29) is 5.56 Å². The summed E-state index contributed by atoms with van der Waals surface area (Å²) in [6.45, 7) is 1.97. The summed E-state index contributed by atoms with van der Waals surface area (Å²) in [7, 11) is 0. The Morgan fingerprint density at radius 3 is 2.64 bits per heavy atom. The van der Waals surface area contributed by atoms with Crippen LogP contribution in [0.3, 0.4) is 0 Å². The van der Waals surface area contributed by atoms with E-state index in [4.69, 9.17) is 0 Å². The average molecular weight is 202 g/mol. The first-order valence-electron chi connectivity index (χ1n) is 4.20. The molecule has 0 spiro atoms. The molecule has 0 aromatic carbocycles. The minimum atomic E-state index is -0.798. The molecule has 0 atom stereocenters. The molecule has 0 bridgehead atoms. The summed E-state index contributed by atoms with van der Waals surface area (Å²) in [6.07, 6.45) is 2.11. The number of unbranched alkanes of at least 4 members (excludes halogenated alkanes) is 1. The smallest absolute Gasteiger partial charge is 0.242 e. The second-order valence-corrected chi connectivity index (χ2v) is 2.68. The molecule has 1 aromatic rings. The summed E-state index contributed by atoms with van der Waals surface area (Å²) in [5, 5.41) is 0. The minimum Gasteiger partial charge on any atom is -0.242 e. The van der Waals surface area contributed by atoms with Crippen LogP contribution in [0.4, 0.5) is 0 Å². The summed E-state index contributed by atoms with van der Waals surface area (Å²) in [6, 6.07) is 1.03. The number of rotatable bonds is 3. The van der Waals surface area contributed by atoms with Crippen LogP contribution < -0.4 is 11.3 Å². The van der Waals surface area contributed by atoms with Gasteiger partial charge in [-0.25, -0.2) is 18.7 Å². The lowest BCUT2D eigenvalue weighted by molar-refractivity contribution is -0.306. The highest BCUT2D eigenvalue weighted by molar-refractivity contribution is 5.02. The quantitative estimate of drug-likeness (QED) is 0.685. The van der Waals surface area contributed by atoms with Gasteiger partial charge >= 0.3 is 11.3 Å². The second-order valence-electron chi connectivity index (χ2n) is 2.68. The van der Waals surface area contributed by atoms with Gasteiger partial charge in [0.25, 0.3) is 0 Å². The first kappa shape index (κ1) is 10.4. The number of hydrogen-bond donors (Lipinski definition) is 0. The molecule has 0 aliphatic carbocycles. The normalized spacial score (nSPS) is 9.79. The second kappa shape index (κ2) is 5.11. The van der Waals surface area contributed by atoms with Crippen molar-refractivity contribution >= 4 is 0 Å². The molecule has 0 saturated carbocycles. The third-order valence-corrected chi connectivity index (χ3v) is 1.61. The van der Waals surface area contributed by atoms with E-state index in [1.54, 1.807) is 0 Å². The molecule has 1 heterocycles. The predicted octanol–water partition coefficient (Wildman–Crippen LogP) is 1.25. The molecular formula is C8H10O6. The first-order chi connectivity index (χ1) is 6.74. The van der Waals surface area contributed by atoms with Gasteiger partial charge in [-0.15, -0.1) is 0 Å². The summed E-state index contributed by atoms with van der Waals surface area (Å²) in [5.41, 5.74) is -1.33. The van der Waals surface area contributed by atoms with Gasteiger partial charge in [-0.05, 0) is 22.3 Å². The Bertz CT molecular complexity index is 416. The Kier molecular flexibility index (Phi) is 3.78. The van der Waals surface area contributed by atoms with Gasteiger partial charge in [0.15, 0.2) is 0 Å². The fourth-order valence-corrected chi connectivity index (χ4v) is 0.912. The highest BCUT2D eigenvalue weighted by Gasteiger charge is 2.01. The van der Waals surface area contributed by atoms with Crippen LogP contribution in [0.5, 0.6) is 0 Å². The van der Waals surface area contributed by atoms with Crippen LogP contribution in [0.2, 0.25) is 0 Å². The maximum absolute atomic E-state index is 11.1. The summed E-state index contributed by atoms with van der Waals surface area (Å²) in [5.74, 6) is 0. The van der Waals surface area contributed by atoms with Crippen molar-refractivity contribution in [2.75, 3.05) is 0 Å². The Morgan fingerprint density at radius 2 is 1.93 bits per heavy atom. The predicted molar refractivity (Wildman–Crippen MR) is 44.3 cm³/mol. The largest absolute Gasteiger partial charge is 0.386 e. The van der Waals surface area contributed by atoms with E-state index < -0.39 is 11.3 Å². The average Bonchev–Trinajstić information content (AvgIpc) is 2.16. The van der Waals surface area contributed by atoms with Crippen LogP contribution >= 0.6 is 0 Å². The van der Waals surface area contributed by atoms with Crippen molar-refractivity contribution in [2.24, 2.45) is 0 Å². The molecule has 6 nitrogen and oxygen atoms in total. The van der Waals surface area contributed by atoms with Crippen LogP contribution in [0.1, 0.15) is 25.3 Å². The molecule has 78 valence electrons. The third-order valence-electron chi connectivity index (χ3n) is 1.61. The van der Waals surface area contributed by atoms with Crippen LogP contribution in [0, 0.1) is 0 Å². The van der Waals surface area contributed by atoms with Gasteiger partial charge in [-0.3, -0.25) is 0 Å². The zero-order valence-electron chi connectivity index (χ0n) is 7.65. The maximum Gasteiger partial charge on any atom is 0.386 e. The summed E-state index contributed by atoms with van der Waals surface area (Å²) in [4.78, 5) is 22.0. The Labute approximate surface area is 78.2 Å². The van der Waals surface area contributed by atoms with E-state index in [2.05, 4.69) is 18.6 Å². The van der Waals surface area contributed by atoms with Crippen molar-refractivity contribution in [3.8, 4) is 0 Å². The van der Waals surface area contributed by atoms with E-state index in [1.165, 1.54) is 0 Å². The maximum atomic E-state index is 11.1. The molecule has 1 aromatic heterocycles. The highest BCUT2D eigenvalue weighted by Crippen LogP contribution is 1.95. The lowest BCUT2D eigenvalue weighted by Crippen LogP contribution is -2.08. The SMILES string of the molecule is CCCCc1cc(=O)ooooc1=O.